The topological polar surface area (TPSA) is 31.2 Å². The monoisotopic (exact) mass is 333 g/mol. The van der Waals surface area contributed by atoms with E-state index in [-0.39, 0.29) is 5.56 Å². The molecule has 2 aromatic carbocycles. The van der Waals surface area contributed by atoms with Gasteiger partial charge in [-0.3, -0.25) is 4.79 Å². The second kappa shape index (κ2) is 6.03. The molecule has 0 aliphatic carbocycles. The number of pyridine rings is 1. The van der Waals surface area contributed by atoms with Gasteiger partial charge < -0.3 is 9.30 Å². The minimum absolute atomic E-state index is 0.0869. The van der Waals surface area contributed by atoms with Crippen molar-refractivity contribution in [2.45, 2.75) is 6.54 Å². The van der Waals surface area contributed by atoms with Gasteiger partial charge in [0.25, 0.3) is 5.56 Å². The lowest BCUT2D eigenvalue weighted by Crippen LogP contribution is -2.20. The molecule has 3 rings (SSSR count). The van der Waals surface area contributed by atoms with E-state index in [1.807, 2.05) is 12.1 Å². The van der Waals surface area contributed by atoms with Crippen LogP contribution in [0.3, 0.4) is 0 Å². The van der Waals surface area contributed by atoms with E-state index in [0.29, 0.717) is 22.0 Å². The Bertz CT molecular complexity index is 883. The summed E-state index contributed by atoms with van der Waals surface area (Å²) >= 11 is 12.3. The molecule has 0 radical (unpaired) electrons. The normalized spacial score (nSPS) is 10.9. The van der Waals surface area contributed by atoms with Crippen LogP contribution in [0.15, 0.2) is 53.5 Å². The van der Waals surface area contributed by atoms with Crippen molar-refractivity contribution >= 4 is 34.0 Å². The van der Waals surface area contributed by atoms with Gasteiger partial charge in [0.15, 0.2) is 0 Å². The van der Waals surface area contributed by atoms with Crippen LogP contribution in [-0.4, -0.2) is 11.7 Å². The zero-order valence-electron chi connectivity index (χ0n) is 11.8. The number of nitrogens with zero attached hydrogens (tertiary/aromatic N) is 1. The maximum absolute atomic E-state index is 12.6. The predicted molar refractivity (Wildman–Crippen MR) is 90.3 cm³/mol. The molecule has 0 spiro atoms. The van der Waals surface area contributed by atoms with Gasteiger partial charge in [-0.25, -0.2) is 0 Å². The summed E-state index contributed by atoms with van der Waals surface area (Å²) in [5.74, 6) is 0.721. The molecule has 0 N–H and O–H groups in total. The number of fused-ring (bicyclic) bond motifs is 1. The minimum atomic E-state index is -0.0869. The molecule has 1 aromatic heterocycles. The number of hydrogen-bond donors (Lipinski definition) is 0. The average Bonchev–Trinajstić information content (AvgIpc) is 2.52. The Morgan fingerprint density at radius 1 is 1.09 bits per heavy atom. The quantitative estimate of drug-likeness (QED) is 0.712. The molecule has 0 unspecified atom stereocenters. The smallest absolute Gasteiger partial charge is 0.258 e. The lowest BCUT2D eigenvalue weighted by Gasteiger charge is -2.11. The van der Waals surface area contributed by atoms with E-state index in [9.17, 15) is 4.79 Å². The molecule has 3 nitrogen and oxygen atoms in total. The number of hydrogen-bond acceptors (Lipinski definition) is 2. The van der Waals surface area contributed by atoms with E-state index in [2.05, 4.69) is 0 Å². The second-order valence-corrected chi connectivity index (χ2v) is 5.72. The first-order valence-corrected chi connectivity index (χ1v) is 7.46. The molecule has 0 amide bonds. The van der Waals surface area contributed by atoms with Crippen molar-refractivity contribution in [2.24, 2.45) is 0 Å². The Hall–Kier alpha value is -1.97. The summed E-state index contributed by atoms with van der Waals surface area (Å²) in [7, 11) is 1.60. The van der Waals surface area contributed by atoms with E-state index in [1.165, 1.54) is 0 Å². The molecule has 22 heavy (non-hydrogen) atoms. The lowest BCUT2D eigenvalue weighted by molar-refractivity contribution is 0.415. The summed E-state index contributed by atoms with van der Waals surface area (Å²) < 4.78 is 6.77. The Labute approximate surface area is 137 Å². The summed E-state index contributed by atoms with van der Waals surface area (Å²) in [5.41, 5.74) is 0.650. The minimum Gasteiger partial charge on any atom is -0.497 e. The maximum atomic E-state index is 12.6. The molecule has 0 bridgehead atoms. The van der Waals surface area contributed by atoms with Gasteiger partial charge in [-0.1, -0.05) is 29.3 Å². The van der Waals surface area contributed by atoms with Crippen molar-refractivity contribution in [3.05, 3.63) is 74.6 Å². The Morgan fingerprint density at radius 2 is 1.82 bits per heavy atom. The average molecular weight is 334 g/mol. The molecule has 1 heterocycles. The van der Waals surface area contributed by atoms with Crippen LogP contribution in [0.1, 0.15) is 5.56 Å². The molecule has 0 fully saturated rings. The highest BCUT2D eigenvalue weighted by Gasteiger charge is 2.09. The van der Waals surface area contributed by atoms with Gasteiger partial charge in [-0.05, 0) is 41.8 Å². The van der Waals surface area contributed by atoms with Crippen molar-refractivity contribution in [3.63, 3.8) is 0 Å². The van der Waals surface area contributed by atoms with Crippen LogP contribution in [0.5, 0.6) is 5.75 Å². The number of benzene rings is 2. The third kappa shape index (κ3) is 2.70. The molecule has 0 saturated carbocycles. The van der Waals surface area contributed by atoms with Crippen LogP contribution < -0.4 is 10.3 Å². The zero-order valence-corrected chi connectivity index (χ0v) is 13.4. The summed E-state index contributed by atoms with van der Waals surface area (Å²) in [6.45, 7) is 0.333. The van der Waals surface area contributed by atoms with Crippen LogP contribution in [-0.2, 0) is 6.54 Å². The van der Waals surface area contributed by atoms with Crippen molar-refractivity contribution in [1.29, 1.82) is 0 Å². The zero-order chi connectivity index (χ0) is 15.7. The van der Waals surface area contributed by atoms with Gasteiger partial charge in [0.05, 0.1) is 13.7 Å². The molecule has 0 saturated heterocycles. The summed E-state index contributed by atoms with van der Waals surface area (Å²) in [4.78, 5) is 12.6. The van der Waals surface area contributed by atoms with Crippen molar-refractivity contribution < 1.29 is 4.74 Å². The summed E-state index contributed by atoms with van der Waals surface area (Å²) in [6, 6.07) is 12.6. The van der Waals surface area contributed by atoms with Crippen LogP contribution >= 0.6 is 23.2 Å². The number of rotatable bonds is 3. The third-order valence-electron chi connectivity index (χ3n) is 3.57. The molecular formula is C17H13Cl2NO2. The molecule has 0 aliphatic heterocycles. The summed E-state index contributed by atoms with van der Waals surface area (Å²) in [6.07, 6.45) is 1.74. The Morgan fingerprint density at radius 3 is 2.50 bits per heavy atom. The highest BCUT2D eigenvalue weighted by molar-refractivity contribution is 6.35. The van der Waals surface area contributed by atoms with Crippen molar-refractivity contribution in [2.75, 3.05) is 7.11 Å². The molecule has 3 aromatic rings. The number of halogens is 2. The molecule has 5 heteroatoms. The predicted octanol–water partition coefficient (Wildman–Crippen LogP) is 4.37. The Balaban J connectivity index is 2.09. The maximum Gasteiger partial charge on any atom is 0.258 e. The molecule has 0 aliphatic rings. The third-order valence-corrected chi connectivity index (χ3v) is 4.28. The standard InChI is InChI=1S/C17H13Cl2NO2/c1-22-12-5-6-13-11(9-12)7-8-20(17(13)21)10-14-15(18)3-2-4-16(14)19/h2-9H,10H2,1H3. The van der Waals surface area contributed by atoms with Crippen LogP contribution in [0.2, 0.25) is 10.0 Å². The first-order valence-electron chi connectivity index (χ1n) is 6.70. The fourth-order valence-corrected chi connectivity index (χ4v) is 2.89. The van der Waals surface area contributed by atoms with Crippen LogP contribution in [0.25, 0.3) is 10.8 Å². The summed E-state index contributed by atoms with van der Waals surface area (Å²) in [5, 5.41) is 2.57. The number of methoxy groups -OCH3 is 1. The molecular weight excluding hydrogens is 321 g/mol. The number of ether oxygens (including phenoxy) is 1. The van der Waals surface area contributed by atoms with Gasteiger partial charge >= 0.3 is 0 Å². The largest absolute Gasteiger partial charge is 0.497 e. The fraction of sp³-hybridized carbons (Fsp3) is 0.118. The van der Waals surface area contributed by atoms with Gasteiger partial charge in [-0.15, -0.1) is 0 Å². The highest BCUT2D eigenvalue weighted by atomic mass is 35.5. The van der Waals surface area contributed by atoms with E-state index in [4.69, 9.17) is 27.9 Å². The second-order valence-electron chi connectivity index (χ2n) is 4.90. The first-order chi connectivity index (χ1) is 10.6. The molecule has 112 valence electrons. The SMILES string of the molecule is COc1ccc2c(=O)n(Cc3c(Cl)cccc3Cl)ccc2c1. The lowest BCUT2D eigenvalue weighted by atomic mass is 10.1. The van der Waals surface area contributed by atoms with Crippen LogP contribution in [0.4, 0.5) is 0 Å². The Kier molecular flexibility index (Phi) is 4.10. The van der Waals surface area contributed by atoms with E-state index in [1.54, 1.807) is 48.2 Å². The van der Waals surface area contributed by atoms with E-state index < -0.39 is 0 Å². The van der Waals surface area contributed by atoms with E-state index >= 15 is 0 Å². The fourth-order valence-electron chi connectivity index (χ4n) is 2.37. The van der Waals surface area contributed by atoms with Gasteiger partial charge in [0.2, 0.25) is 0 Å². The van der Waals surface area contributed by atoms with Crippen LogP contribution in [0, 0.1) is 0 Å². The number of aromatic nitrogens is 1. The van der Waals surface area contributed by atoms with Gasteiger partial charge in [-0.2, -0.15) is 0 Å². The van der Waals surface area contributed by atoms with Gasteiger partial charge in [0.1, 0.15) is 5.75 Å². The highest BCUT2D eigenvalue weighted by Crippen LogP contribution is 2.25. The van der Waals surface area contributed by atoms with Crippen molar-refractivity contribution in [1.82, 2.24) is 4.57 Å². The van der Waals surface area contributed by atoms with Crippen molar-refractivity contribution in [3.8, 4) is 5.75 Å². The first kappa shape index (κ1) is 14.9. The van der Waals surface area contributed by atoms with E-state index in [0.717, 1.165) is 16.7 Å². The van der Waals surface area contributed by atoms with Gasteiger partial charge in [0, 0.05) is 27.2 Å². The molecule has 0 atom stereocenters.